The molecular weight excluding hydrogens is 283 g/mol. The first kappa shape index (κ1) is 16.9. The van der Waals surface area contributed by atoms with Gasteiger partial charge in [-0.1, -0.05) is 17.7 Å². The Balaban J connectivity index is 2.61. The van der Waals surface area contributed by atoms with E-state index in [0.29, 0.717) is 30.0 Å². The zero-order valence-corrected chi connectivity index (χ0v) is 12.5. The van der Waals surface area contributed by atoms with Crippen molar-refractivity contribution in [1.29, 1.82) is 0 Å². The standard InChI is InChI=1S/C14H20ClFN2O2/c1-18(14(19)13(17)7-4-8-20-2)9-10-11(15)5-3-6-12(10)16/h3,5-6,13H,4,7-9,17H2,1-2H3. The molecule has 0 bridgehead atoms. The second-order valence-electron chi connectivity index (χ2n) is 4.64. The molecule has 4 nitrogen and oxygen atoms in total. The fraction of sp³-hybridized carbons (Fsp3) is 0.500. The summed E-state index contributed by atoms with van der Waals surface area (Å²) in [5.74, 6) is -0.662. The Hall–Kier alpha value is -1.17. The minimum atomic E-state index is -0.610. The van der Waals surface area contributed by atoms with Gasteiger partial charge >= 0.3 is 0 Å². The van der Waals surface area contributed by atoms with Crippen LogP contribution in [0.1, 0.15) is 18.4 Å². The Bertz CT molecular complexity index is 437. The fourth-order valence-corrected chi connectivity index (χ4v) is 2.08. The predicted octanol–water partition coefficient (Wildman–Crippen LogP) is 2.19. The van der Waals surface area contributed by atoms with Crippen LogP contribution in [0.2, 0.25) is 5.02 Å². The quantitative estimate of drug-likeness (QED) is 0.786. The zero-order valence-electron chi connectivity index (χ0n) is 11.7. The normalized spacial score (nSPS) is 12.2. The summed E-state index contributed by atoms with van der Waals surface area (Å²) in [6.45, 7) is 0.659. The second kappa shape index (κ2) is 8.19. The number of hydrogen-bond donors (Lipinski definition) is 1. The average molecular weight is 303 g/mol. The van der Waals surface area contributed by atoms with Crippen molar-refractivity contribution in [3.8, 4) is 0 Å². The van der Waals surface area contributed by atoms with Crippen molar-refractivity contribution in [2.24, 2.45) is 5.73 Å². The highest BCUT2D eigenvalue weighted by molar-refractivity contribution is 6.31. The van der Waals surface area contributed by atoms with Gasteiger partial charge in [0, 0.05) is 37.9 Å². The predicted molar refractivity (Wildman–Crippen MR) is 77.0 cm³/mol. The number of benzene rings is 1. The monoisotopic (exact) mass is 302 g/mol. The van der Waals surface area contributed by atoms with Gasteiger partial charge in [-0.15, -0.1) is 0 Å². The van der Waals surface area contributed by atoms with Crippen LogP contribution in [-0.2, 0) is 16.1 Å². The molecule has 0 fully saturated rings. The second-order valence-corrected chi connectivity index (χ2v) is 5.04. The van der Waals surface area contributed by atoms with E-state index >= 15 is 0 Å². The first-order valence-electron chi connectivity index (χ1n) is 6.39. The molecule has 0 aromatic heterocycles. The highest BCUT2D eigenvalue weighted by Gasteiger charge is 2.19. The molecule has 0 heterocycles. The molecule has 6 heteroatoms. The number of hydrogen-bond acceptors (Lipinski definition) is 3. The molecule has 1 unspecified atom stereocenters. The van der Waals surface area contributed by atoms with Gasteiger partial charge in [-0.2, -0.15) is 0 Å². The van der Waals surface area contributed by atoms with E-state index in [1.54, 1.807) is 20.2 Å². The topological polar surface area (TPSA) is 55.6 Å². The lowest BCUT2D eigenvalue weighted by Crippen LogP contribution is -2.41. The van der Waals surface area contributed by atoms with Crippen LogP contribution in [0.3, 0.4) is 0 Å². The van der Waals surface area contributed by atoms with E-state index in [4.69, 9.17) is 22.1 Å². The van der Waals surface area contributed by atoms with Gasteiger partial charge in [0.25, 0.3) is 0 Å². The van der Waals surface area contributed by atoms with Gasteiger partial charge in [-0.25, -0.2) is 4.39 Å². The summed E-state index contributed by atoms with van der Waals surface area (Å²) in [5, 5.41) is 0.303. The Morgan fingerprint density at radius 3 is 2.85 bits per heavy atom. The van der Waals surface area contributed by atoms with Gasteiger partial charge in [0.1, 0.15) is 5.82 Å². The number of amides is 1. The molecule has 0 radical (unpaired) electrons. The van der Waals surface area contributed by atoms with Crippen LogP contribution in [0.5, 0.6) is 0 Å². The highest BCUT2D eigenvalue weighted by atomic mass is 35.5. The molecule has 1 aromatic carbocycles. The molecule has 1 amide bonds. The maximum atomic E-state index is 13.7. The van der Waals surface area contributed by atoms with E-state index in [1.807, 2.05) is 0 Å². The third-order valence-corrected chi connectivity index (χ3v) is 3.37. The van der Waals surface area contributed by atoms with Crippen molar-refractivity contribution < 1.29 is 13.9 Å². The molecule has 1 aromatic rings. The molecule has 0 spiro atoms. The maximum absolute atomic E-state index is 13.7. The van der Waals surface area contributed by atoms with Crippen LogP contribution in [0, 0.1) is 5.82 Å². The summed E-state index contributed by atoms with van der Waals surface area (Å²) in [5.41, 5.74) is 6.12. The molecule has 20 heavy (non-hydrogen) atoms. The first-order chi connectivity index (χ1) is 9.47. The molecule has 0 aliphatic heterocycles. The van der Waals surface area contributed by atoms with Crippen LogP contribution >= 0.6 is 11.6 Å². The summed E-state index contributed by atoms with van der Waals surface area (Å²) >= 11 is 5.93. The first-order valence-corrected chi connectivity index (χ1v) is 6.77. The van der Waals surface area contributed by atoms with E-state index < -0.39 is 11.9 Å². The lowest BCUT2D eigenvalue weighted by Gasteiger charge is -2.22. The minimum absolute atomic E-state index is 0.0995. The summed E-state index contributed by atoms with van der Waals surface area (Å²) in [6.07, 6.45) is 1.24. The van der Waals surface area contributed by atoms with Crippen molar-refractivity contribution in [2.45, 2.75) is 25.4 Å². The maximum Gasteiger partial charge on any atom is 0.239 e. The van der Waals surface area contributed by atoms with Gasteiger partial charge in [0.2, 0.25) is 5.91 Å². The van der Waals surface area contributed by atoms with Crippen molar-refractivity contribution in [2.75, 3.05) is 20.8 Å². The molecule has 0 saturated heterocycles. The smallest absolute Gasteiger partial charge is 0.239 e. The zero-order chi connectivity index (χ0) is 15.1. The van der Waals surface area contributed by atoms with Crippen molar-refractivity contribution in [3.63, 3.8) is 0 Å². The highest BCUT2D eigenvalue weighted by Crippen LogP contribution is 2.20. The Morgan fingerprint density at radius 1 is 1.55 bits per heavy atom. The number of likely N-dealkylation sites (N-methyl/N-ethyl adjacent to an activating group) is 1. The van der Waals surface area contributed by atoms with E-state index in [0.717, 1.165) is 0 Å². The van der Waals surface area contributed by atoms with E-state index in [-0.39, 0.29) is 12.5 Å². The summed E-state index contributed by atoms with van der Waals surface area (Å²) in [4.78, 5) is 13.4. The summed E-state index contributed by atoms with van der Waals surface area (Å²) in [6, 6.07) is 3.83. The van der Waals surface area contributed by atoms with Crippen LogP contribution in [0.4, 0.5) is 4.39 Å². The van der Waals surface area contributed by atoms with Gasteiger partial charge in [-0.3, -0.25) is 4.79 Å². The molecule has 2 N–H and O–H groups in total. The fourth-order valence-electron chi connectivity index (χ4n) is 1.85. The van der Waals surface area contributed by atoms with E-state index in [1.165, 1.54) is 17.0 Å². The SMILES string of the molecule is COCCCC(N)C(=O)N(C)Cc1c(F)cccc1Cl. The van der Waals surface area contributed by atoms with E-state index in [2.05, 4.69) is 0 Å². The Kier molecular flexibility index (Phi) is 6.91. The van der Waals surface area contributed by atoms with Gasteiger partial charge in [-0.05, 0) is 25.0 Å². The number of rotatable bonds is 7. The van der Waals surface area contributed by atoms with E-state index in [9.17, 15) is 9.18 Å². The molecule has 0 aliphatic carbocycles. The molecule has 1 atom stereocenters. The number of halogens is 2. The van der Waals surface area contributed by atoms with Gasteiger partial charge < -0.3 is 15.4 Å². The van der Waals surface area contributed by atoms with Crippen LogP contribution in [-0.4, -0.2) is 37.6 Å². The van der Waals surface area contributed by atoms with Crippen molar-refractivity contribution >= 4 is 17.5 Å². The molecule has 112 valence electrons. The number of ether oxygens (including phenoxy) is 1. The van der Waals surface area contributed by atoms with Gasteiger partial charge in [0.15, 0.2) is 0 Å². The summed E-state index contributed by atoms with van der Waals surface area (Å²) < 4.78 is 18.6. The lowest BCUT2D eigenvalue weighted by molar-refractivity contribution is -0.132. The minimum Gasteiger partial charge on any atom is -0.385 e. The summed E-state index contributed by atoms with van der Waals surface area (Å²) in [7, 11) is 3.18. The number of methoxy groups -OCH3 is 1. The van der Waals surface area contributed by atoms with Crippen LogP contribution < -0.4 is 5.73 Å². The number of nitrogens with two attached hydrogens (primary N) is 1. The Labute approximate surface area is 123 Å². The lowest BCUT2D eigenvalue weighted by atomic mass is 10.1. The molecule has 0 saturated carbocycles. The number of nitrogens with zero attached hydrogens (tertiary/aromatic N) is 1. The van der Waals surface area contributed by atoms with Crippen molar-refractivity contribution in [3.05, 3.63) is 34.6 Å². The third kappa shape index (κ3) is 4.74. The van der Waals surface area contributed by atoms with Crippen molar-refractivity contribution in [1.82, 2.24) is 4.90 Å². The molecular formula is C14H20ClFN2O2. The van der Waals surface area contributed by atoms with Crippen LogP contribution in [0.25, 0.3) is 0 Å². The average Bonchev–Trinajstić information content (AvgIpc) is 2.42. The number of carbonyl (C=O) groups excluding carboxylic acids is 1. The Morgan fingerprint density at radius 2 is 2.25 bits per heavy atom. The van der Waals surface area contributed by atoms with Gasteiger partial charge in [0.05, 0.1) is 6.04 Å². The van der Waals surface area contributed by atoms with Crippen LogP contribution in [0.15, 0.2) is 18.2 Å². The number of carbonyl (C=O) groups is 1. The third-order valence-electron chi connectivity index (χ3n) is 3.01. The molecule has 1 rings (SSSR count). The molecule has 0 aliphatic rings. The largest absolute Gasteiger partial charge is 0.385 e.